The number of carbonyl (C=O) groups excluding carboxylic acids is 1. The van der Waals surface area contributed by atoms with E-state index >= 15 is 0 Å². The minimum atomic E-state index is -0.118. The second-order valence-corrected chi connectivity index (χ2v) is 9.28. The summed E-state index contributed by atoms with van der Waals surface area (Å²) in [4.78, 5) is 22.2. The van der Waals surface area contributed by atoms with Gasteiger partial charge in [0.1, 0.15) is 0 Å². The van der Waals surface area contributed by atoms with E-state index in [1.54, 1.807) is 11.1 Å². The van der Waals surface area contributed by atoms with E-state index in [1.807, 2.05) is 42.5 Å². The Morgan fingerprint density at radius 1 is 1.13 bits per heavy atom. The third kappa shape index (κ3) is 3.89. The van der Waals surface area contributed by atoms with Gasteiger partial charge in [0, 0.05) is 34.8 Å². The van der Waals surface area contributed by atoms with Gasteiger partial charge in [0.05, 0.1) is 16.1 Å². The quantitative estimate of drug-likeness (QED) is 0.307. The van der Waals surface area contributed by atoms with E-state index in [4.69, 9.17) is 12.2 Å². The standard InChI is InChI=1S/C23H20BrN3OS2/c1-3-26(4-2)16-9-7-15(8-10-16)14-20-22(28)27(23(29)30-20)19-12-11-18(24)17-6-5-13-25-21(17)19/h5-14H,3-4H2,1-2H3/b20-14-. The highest BCUT2D eigenvalue weighted by molar-refractivity contribution is 9.10. The lowest BCUT2D eigenvalue weighted by molar-refractivity contribution is -0.113. The summed E-state index contributed by atoms with van der Waals surface area (Å²) in [7, 11) is 0. The second kappa shape index (κ2) is 8.88. The van der Waals surface area contributed by atoms with Crippen LogP contribution < -0.4 is 9.80 Å². The second-order valence-electron chi connectivity index (χ2n) is 6.75. The first-order valence-corrected chi connectivity index (χ1v) is 11.7. The molecule has 1 amide bonds. The highest BCUT2D eigenvalue weighted by Gasteiger charge is 2.34. The molecule has 0 radical (unpaired) electrons. The molecule has 3 aromatic rings. The monoisotopic (exact) mass is 497 g/mol. The number of amides is 1. The zero-order valence-corrected chi connectivity index (χ0v) is 19.9. The van der Waals surface area contributed by atoms with Gasteiger partial charge in [0.2, 0.25) is 0 Å². The molecule has 7 heteroatoms. The molecule has 1 aromatic heterocycles. The van der Waals surface area contributed by atoms with Crippen LogP contribution in [-0.4, -0.2) is 28.3 Å². The predicted molar refractivity (Wildman–Crippen MR) is 135 cm³/mol. The first kappa shape index (κ1) is 21.0. The predicted octanol–water partition coefficient (Wildman–Crippen LogP) is 6.25. The first-order valence-electron chi connectivity index (χ1n) is 9.69. The zero-order chi connectivity index (χ0) is 21.3. The summed E-state index contributed by atoms with van der Waals surface area (Å²) >= 11 is 10.4. The molecule has 1 aliphatic rings. The fourth-order valence-corrected chi connectivity index (χ4v) is 5.24. The number of pyridine rings is 1. The molecule has 0 aliphatic carbocycles. The number of thiocarbonyl (C=S) groups is 1. The molecule has 1 aliphatic heterocycles. The number of halogens is 1. The Hall–Kier alpha value is -2.22. The molecule has 1 fully saturated rings. The Morgan fingerprint density at radius 3 is 2.57 bits per heavy atom. The number of anilines is 2. The van der Waals surface area contributed by atoms with Gasteiger partial charge in [0.15, 0.2) is 4.32 Å². The van der Waals surface area contributed by atoms with Gasteiger partial charge in [-0.3, -0.25) is 14.7 Å². The molecular weight excluding hydrogens is 478 g/mol. The van der Waals surface area contributed by atoms with Crippen molar-refractivity contribution in [1.82, 2.24) is 4.98 Å². The van der Waals surface area contributed by atoms with Gasteiger partial charge in [-0.15, -0.1) is 0 Å². The third-order valence-corrected chi connectivity index (χ3v) is 7.04. The van der Waals surface area contributed by atoms with Gasteiger partial charge in [-0.2, -0.15) is 0 Å². The molecule has 1 saturated heterocycles. The van der Waals surface area contributed by atoms with Crippen LogP contribution in [0.1, 0.15) is 19.4 Å². The van der Waals surface area contributed by atoms with E-state index in [0.717, 1.165) is 34.0 Å². The van der Waals surface area contributed by atoms with Gasteiger partial charge >= 0.3 is 0 Å². The van der Waals surface area contributed by atoms with Gasteiger partial charge in [-0.1, -0.05) is 58.1 Å². The molecular formula is C23H20BrN3OS2. The maximum Gasteiger partial charge on any atom is 0.270 e. The van der Waals surface area contributed by atoms with Crippen molar-refractivity contribution in [2.75, 3.05) is 22.9 Å². The molecule has 0 N–H and O–H groups in total. The Labute approximate surface area is 194 Å². The molecule has 30 heavy (non-hydrogen) atoms. The van der Waals surface area contributed by atoms with Gasteiger partial charge < -0.3 is 4.90 Å². The smallest absolute Gasteiger partial charge is 0.270 e. The minimum Gasteiger partial charge on any atom is -0.372 e. The highest BCUT2D eigenvalue weighted by atomic mass is 79.9. The summed E-state index contributed by atoms with van der Waals surface area (Å²) in [5, 5.41) is 0.944. The van der Waals surface area contributed by atoms with Crippen LogP contribution in [0.4, 0.5) is 11.4 Å². The van der Waals surface area contributed by atoms with Gasteiger partial charge in [-0.25, -0.2) is 0 Å². The number of fused-ring (bicyclic) bond motifs is 1. The highest BCUT2D eigenvalue weighted by Crippen LogP contribution is 2.39. The van der Waals surface area contributed by atoms with E-state index < -0.39 is 0 Å². The van der Waals surface area contributed by atoms with Crippen molar-refractivity contribution < 1.29 is 4.79 Å². The number of thioether (sulfide) groups is 1. The molecule has 0 saturated carbocycles. The largest absolute Gasteiger partial charge is 0.372 e. The van der Waals surface area contributed by atoms with Crippen LogP contribution in [0.15, 0.2) is 64.1 Å². The van der Waals surface area contributed by atoms with Crippen LogP contribution in [0.25, 0.3) is 17.0 Å². The van der Waals surface area contributed by atoms with E-state index in [-0.39, 0.29) is 5.91 Å². The number of hydrogen-bond acceptors (Lipinski definition) is 5. The number of aromatic nitrogens is 1. The molecule has 0 unspecified atom stereocenters. The van der Waals surface area contributed by atoms with Crippen molar-refractivity contribution in [1.29, 1.82) is 0 Å². The molecule has 152 valence electrons. The summed E-state index contributed by atoms with van der Waals surface area (Å²) < 4.78 is 1.45. The molecule has 4 nitrogen and oxygen atoms in total. The van der Waals surface area contributed by atoms with Crippen molar-refractivity contribution in [2.45, 2.75) is 13.8 Å². The van der Waals surface area contributed by atoms with Crippen molar-refractivity contribution in [3.63, 3.8) is 0 Å². The van der Waals surface area contributed by atoms with E-state index in [1.165, 1.54) is 17.4 Å². The Morgan fingerprint density at radius 2 is 1.87 bits per heavy atom. The zero-order valence-electron chi connectivity index (χ0n) is 16.6. The van der Waals surface area contributed by atoms with Crippen LogP contribution >= 0.6 is 39.9 Å². The fourth-order valence-electron chi connectivity index (χ4n) is 3.50. The SMILES string of the molecule is CCN(CC)c1ccc(/C=C2\SC(=S)N(c3ccc(Br)c4cccnc34)C2=O)cc1. The van der Waals surface area contributed by atoms with Crippen LogP contribution in [0, 0.1) is 0 Å². The first-order chi connectivity index (χ1) is 14.5. The molecule has 2 heterocycles. The average molecular weight is 498 g/mol. The molecule has 0 spiro atoms. The van der Waals surface area contributed by atoms with Gasteiger partial charge in [0.25, 0.3) is 5.91 Å². The van der Waals surface area contributed by atoms with Crippen LogP contribution in [0.2, 0.25) is 0 Å². The molecule has 4 rings (SSSR count). The lowest BCUT2D eigenvalue weighted by Gasteiger charge is -2.20. The van der Waals surface area contributed by atoms with Crippen molar-refractivity contribution in [2.24, 2.45) is 0 Å². The Bertz CT molecular complexity index is 1160. The van der Waals surface area contributed by atoms with Crippen LogP contribution in [0.5, 0.6) is 0 Å². The van der Waals surface area contributed by atoms with Gasteiger partial charge in [-0.05, 0) is 55.8 Å². The summed E-state index contributed by atoms with van der Waals surface area (Å²) in [6.07, 6.45) is 3.63. The molecule has 0 atom stereocenters. The average Bonchev–Trinajstić information content (AvgIpc) is 3.04. The number of nitrogens with zero attached hydrogens (tertiary/aromatic N) is 3. The van der Waals surface area contributed by atoms with Crippen LogP contribution in [0.3, 0.4) is 0 Å². The number of benzene rings is 2. The minimum absolute atomic E-state index is 0.118. The van der Waals surface area contributed by atoms with E-state index in [2.05, 4.69) is 51.8 Å². The molecule has 2 aromatic carbocycles. The number of rotatable bonds is 5. The fraction of sp³-hybridized carbons (Fsp3) is 0.174. The summed E-state index contributed by atoms with van der Waals surface area (Å²) in [6, 6.07) is 15.9. The normalized spacial score (nSPS) is 15.4. The third-order valence-electron chi connectivity index (χ3n) is 5.05. The van der Waals surface area contributed by atoms with E-state index in [0.29, 0.717) is 14.9 Å². The lowest BCUT2D eigenvalue weighted by atomic mass is 10.1. The van der Waals surface area contributed by atoms with E-state index in [9.17, 15) is 4.79 Å². The van der Waals surface area contributed by atoms with Crippen LogP contribution in [-0.2, 0) is 4.79 Å². The van der Waals surface area contributed by atoms with Crippen molar-refractivity contribution >= 4 is 78.5 Å². The molecule has 0 bridgehead atoms. The lowest BCUT2D eigenvalue weighted by Crippen LogP contribution is -2.27. The summed E-state index contributed by atoms with van der Waals surface area (Å²) in [5.41, 5.74) is 3.60. The maximum absolute atomic E-state index is 13.2. The summed E-state index contributed by atoms with van der Waals surface area (Å²) in [6.45, 7) is 6.21. The number of carbonyl (C=O) groups is 1. The number of hydrogen-bond donors (Lipinski definition) is 0. The van der Waals surface area contributed by atoms with Crippen molar-refractivity contribution in [3.05, 3.63) is 69.7 Å². The summed E-state index contributed by atoms with van der Waals surface area (Å²) in [5.74, 6) is -0.118. The Kier molecular flexibility index (Phi) is 6.22. The Balaban J connectivity index is 1.66. The van der Waals surface area contributed by atoms with Crippen molar-refractivity contribution in [3.8, 4) is 0 Å². The maximum atomic E-state index is 13.2. The topological polar surface area (TPSA) is 36.4 Å².